The van der Waals surface area contributed by atoms with Gasteiger partial charge >= 0.3 is 5.97 Å². The molecule has 1 amide bonds. The van der Waals surface area contributed by atoms with E-state index in [1.807, 2.05) is 23.8 Å². The molecule has 6 heteroatoms. The topological polar surface area (TPSA) is 62.5 Å². The lowest BCUT2D eigenvalue weighted by atomic mass is 10.2. The molecule has 1 aromatic rings. The second-order valence-electron chi connectivity index (χ2n) is 4.11. The molecule has 1 fully saturated rings. The van der Waals surface area contributed by atoms with Gasteiger partial charge in [-0.15, -0.1) is 0 Å². The van der Waals surface area contributed by atoms with Crippen LogP contribution in [0, 0.1) is 0 Å². The van der Waals surface area contributed by atoms with Crippen molar-refractivity contribution in [1.82, 2.24) is 9.47 Å². The monoisotopic (exact) mass is 268 g/mol. The Hall–Kier alpha value is -1.43. The second kappa shape index (κ2) is 5.48. The summed E-state index contributed by atoms with van der Waals surface area (Å²) in [6, 6.07) is 2.84. The fraction of sp³-hybridized carbons (Fsp3) is 0.500. The summed E-state index contributed by atoms with van der Waals surface area (Å²) in [5, 5.41) is 9.17. The maximum Gasteiger partial charge on any atom is 0.327 e. The zero-order valence-electron chi connectivity index (χ0n) is 10.2. The van der Waals surface area contributed by atoms with Crippen LogP contribution in [0.1, 0.15) is 17.4 Å². The van der Waals surface area contributed by atoms with Crippen LogP contribution in [0.5, 0.6) is 0 Å². The average Bonchev–Trinajstić information content (AvgIpc) is 2.86. The highest BCUT2D eigenvalue weighted by atomic mass is 32.2. The molecule has 1 atom stereocenters. The van der Waals surface area contributed by atoms with Crippen LogP contribution >= 0.6 is 11.8 Å². The first kappa shape index (κ1) is 13.0. The molecular weight excluding hydrogens is 252 g/mol. The Bertz CT molecular complexity index is 458. The molecule has 1 unspecified atom stereocenters. The highest BCUT2D eigenvalue weighted by Crippen LogP contribution is 2.19. The van der Waals surface area contributed by atoms with E-state index in [0.717, 1.165) is 5.75 Å². The molecular formula is C12H16N2O3S. The third-order valence-electron chi connectivity index (χ3n) is 3.06. The number of rotatable bonds is 3. The lowest BCUT2D eigenvalue weighted by Gasteiger charge is -2.32. The summed E-state index contributed by atoms with van der Waals surface area (Å²) in [5.74, 6) is 0.149. The van der Waals surface area contributed by atoms with Crippen LogP contribution in [0.25, 0.3) is 0 Å². The Morgan fingerprint density at radius 1 is 1.56 bits per heavy atom. The third-order valence-corrected chi connectivity index (χ3v) is 4.09. The number of carboxylic acid groups (broad SMARTS) is 1. The van der Waals surface area contributed by atoms with Gasteiger partial charge in [-0.1, -0.05) is 0 Å². The summed E-state index contributed by atoms with van der Waals surface area (Å²) in [5.41, 5.74) is 0.565. The van der Waals surface area contributed by atoms with E-state index in [1.54, 1.807) is 17.8 Å². The minimum Gasteiger partial charge on any atom is -0.480 e. The predicted molar refractivity (Wildman–Crippen MR) is 69.9 cm³/mol. The van der Waals surface area contributed by atoms with Crippen molar-refractivity contribution in [2.45, 2.75) is 19.5 Å². The first-order valence-electron chi connectivity index (χ1n) is 5.91. The van der Waals surface area contributed by atoms with E-state index >= 15 is 0 Å². The fourth-order valence-electron chi connectivity index (χ4n) is 2.08. The van der Waals surface area contributed by atoms with E-state index in [4.69, 9.17) is 5.11 Å². The van der Waals surface area contributed by atoms with Crippen molar-refractivity contribution in [3.05, 3.63) is 24.0 Å². The van der Waals surface area contributed by atoms with Gasteiger partial charge in [0.15, 0.2) is 0 Å². The summed E-state index contributed by atoms with van der Waals surface area (Å²) in [6.07, 6.45) is 1.84. The number of aryl methyl sites for hydroxylation is 1. The lowest BCUT2D eigenvalue weighted by molar-refractivity contribution is -0.141. The molecule has 0 saturated carbocycles. The van der Waals surface area contributed by atoms with Crippen molar-refractivity contribution >= 4 is 23.6 Å². The maximum atomic E-state index is 12.4. The van der Waals surface area contributed by atoms with Crippen LogP contribution in [0.3, 0.4) is 0 Å². The minimum atomic E-state index is -0.926. The van der Waals surface area contributed by atoms with E-state index < -0.39 is 12.0 Å². The predicted octanol–water partition coefficient (Wildman–Crippen LogP) is 1.15. The highest BCUT2D eigenvalue weighted by molar-refractivity contribution is 7.99. The van der Waals surface area contributed by atoms with Gasteiger partial charge in [-0.05, 0) is 19.1 Å². The number of carbonyl (C=O) groups excluding carboxylic acids is 1. The van der Waals surface area contributed by atoms with E-state index in [1.165, 1.54) is 4.90 Å². The fourth-order valence-corrected chi connectivity index (χ4v) is 3.12. The van der Waals surface area contributed by atoms with Crippen LogP contribution in [-0.4, -0.2) is 50.5 Å². The van der Waals surface area contributed by atoms with E-state index in [9.17, 15) is 9.59 Å². The molecule has 1 aromatic heterocycles. The largest absolute Gasteiger partial charge is 0.480 e. The van der Waals surface area contributed by atoms with Crippen molar-refractivity contribution < 1.29 is 14.7 Å². The Morgan fingerprint density at radius 3 is 3.00 bits per heavy atom. The Labute approximate surface area is 110 Å². The first-order chi connectivity index (χ1) is 8.65. The second-order valence-corrected chi connectivity index (χ2v) is 5.26. The Balaban J connectivity index is 2.23. The van der Waals surface area contributed by atoms with E-state index in [-0.39, 0.29) is 5.91 Å². The van der Waals surface area contributed by atoms with Gasteiger partial charge in [0.1, 0.15) is 11.7 Å². The van der Waals surface area contributed by atoms with Crippen molar-refractivity contribution in [3.63, 3.8) is 0 Å². The Kier molecular flexibility index (Phi) is 3.96. The lowest BCUT2D eigenvalue weighted by Crippen LogP contribution is -2.50. The summed E-state index contributed by atoms with van der Waals surface area (Å²) < 4.78 is 1.84. The van der Waals surface area contributed by atoms with Crippen molar-refractivity contribution in [2.24, 2.45) is 0 Å². The zero-order chi connectivity index (χ0) is 13.1. The van der Waals surface area contributed by atoms with Gasteiger partial charge in [-0.3, -0.25) is 4.79 Å². The van der Waals surface area contributed by atoms with E-state index in [2.05, 4.69) is 0 Å². The number of nitrogens with zero attached hydrogens (tertiary/aromatic N) is 2. The number of hydrogen-bond acceptors (Lipinski definition) is 3. The van der Waals surface area contributed by atoms with Crippen LogP contribution in [0.15, 0.2) is 18.3 Å². The molecule has 1 aliphatic rings. The summed E-state index contributed by atoms with van der Waals surface area (Å²) in [4.78, 5) is 25.0. The molecule has 1 N–H and O–H groups in total. The van der Waals surface area contributed by atoms with Crippen LogP contribution in [0.4, 0.5) is 0 Å². The molecule has 0 radical (unpaired) electrons. The molecule has 0 bridgehead atoms. The van der Waals surface area contributed by atoms with Crippen LogP contribution < -0.4 is 0 Å². The summed E-state index contributed by atoms with van der Waals surface area (Å²) in [7, 11) is 0. The quantitative estimate of drug-likeness (QED) is 0.893. The molecule has 1 saturated heterocycles. The maximum absolute atomic E-state index is 12.4. The molecule has 0 aromatic carbocycles. The first-order valence-corrected chi connectivity index (χ1v) is 7.07. The number of carbonyl (C=O) groups is 2. The molecule has 1 aliphatic heterocycles. The highest BCUT2D eigenvalue weighted by Gasteiger charge is 2.33. The van der Waals surface area contributed by atoms with Gasteiger partial charge in [0.2, 0.25) is 0 Å². The standard InChI is InChI=1S/C12H16N2O3S/c1-2-13-5-3-4-9(13)11(15)14-6-7-18-8-10(14)12(16)17/h3-5,10H,2,6-8H2,1H3,(H,16,17). The molecule has 0 spiro atoms. The minimum absolute atomic E-state index is 0.186. The number of carboxylic acids is 1. The van der Waals surface area contributed by atoms with E-state index in [0.29, 0.717) is 24.5 Å². The summed E-state index contributed by atoms with van der Waals surface area (Å²) in [6.45, 7) is 3.15. The van der Waals surface area contributed by atoms with Crippen molar-refractivity contribution in [3.8, 4) is 0 Å². The van der Waals surface area contributed by atoms with Gasteiger partial charge in [0.25, 0.3) is 5.91 Å². The normalized spacial score (nSPS) is 19.8. The molecule has 5 nitrogen and oxygen atoms in total. The van der Waals surface area contributed by atoms with Gasteiger partial charge in [-0.2, -0.15) is 11.8 Å². The van der Waals surface area contributed by atoms with Crippen LogP contribution in [0.2, 0.25) is 0 Å². The van der Waals surface area contributed by atoms with Gasteiger partial charge in [0.05, 0.1) is 0 Å². The molecule has 2 heterocycles. The SMILES string of the molecule is CCn1cccc1C(=O)N1CCSCC1C(=O)O. The van der Waals surface area contributed by atoms with Gasteiger partial charge in [0, 0.05) is 30.8 Å². The zero-order valence-corrected chi connectivity index (χ0v) is 11.0. The summed E-state index contributed by atoms with van der Waals surface area (Å²) >= 11 is 1.58. The van der Waals surface area contributed by atoms with Crippen molar-refractivity contribution in [2.75, 3.05) is 18.1 Å². The number of thioether (sulfide) groups is 1. The number of hydrogen-bond donors (Lipinski definition) is 1. The third kappa shape index (κ3) is 2.38. The smallest absolute Gasteiger partial charge is 0.327 e. The van der Waals surface area contributed by atoms with Crippen LogP contribution in [-0.2, 0) is 11.3 Å². The Morgan fingerprint density at radius 2 is 2.33 bits per heavy atom. The van der Waals surface area contributed by atoms with Gasteiger partial charge in [-0.25, -0.2) is 4.79 Å². The van der Waals surface area contributed by atoms with Gasteiger partial charge < -0.3 is 14.6 Å². The molecule has 18 heavy (non-hydrogen) atoms. The molecule has 0 aliphatic carbocycles. The average molecular weight is 268 g/mol. The number of amides is 1. The number of aromatic nitrogens is 1. The number of aliphatic carboxylic acids is 1. The molecule has 2 rings (SSSR count). The molecule has 98 valence electrons. The van der Waals surface area contributed by atoms with Crippen molar-refractivity contribution in [1.29, 1.82) is 0 Å².